The summed E-state index contributed by atoms with van der Waals surface area (Å²) in [5.41, 5.74) is 2.69. The Kier molecular flexibility index (Phi) is 5.37. The van der Waals surface area contributed by atoms with E-state index in [4.69, 9.17) is 4.74 Å². The van der Waals surface area contributed by atoms with Crippen LogP contribution in [-0.4, -0.2) is 26.3 Å². The molecule has 1 rings (SSSR count). The molecule has 0 saturated carbocycles. The van der Waals surface area contributed by atoms with Gasteiger partial charge >= 0.3 is 0 Å². The summed E-state index contributed by atoms with van der Waals surface area (Å²) in [7, 11) is 1.75. The number of methoxy groups -OCH3 is 1. The lowest BCUT2D eigenvalue weighted by atomic mass is 10.0. The number of hydrogen-bond donors (Lipinski definition) is 1. The van der Waals surface area contributed by atoms with E-state index in [1.54, 1.807) is 7.11 Å². The maximum atomic E-state index is 5.20. The highest BCUT2D eigenvalue weighted by Gasteiger charge is 2.07. The van der Waals surface area contributed by atoms with Crippen LogP contribution >= 0.6 is 0 Å². The Morgan fingerprint density at radius 3 is 2.80 bits per heavy atom. The predicted molar refractivity (Wildman–Crippen MR) is 64.2 cm³/mol. The number of rotatable bonds is 6. The number of benzene rings is 1. The molecule has 1 atom stereocenters. The molecular weight excluding hydrogens is 186 g/mol. The first-order valence-electron chi connectivity index (χ1n) is 5.54. The van der Waals surface area contributed by atoms with Gasteiger partial charge in [-0.05, 0) is 25.5 Å². The molecule has 0 aliphatic carbocycles. The van der Waals surface area contributed by atoms with Crippen LogP contribution in [-0.2, 0) is 11.2 Å². The molecule has 0 aliphatic heterocycles. The molecule has 84 valence electrons. The zero-order valence-electron chi connectivity index (χ0n) is 9.92. The quantitative estimate of drug-likeness (QED) is 0.772. The number of ether oxygens (including phenoxy) is 1. The third-order valence-electron chi connectivity index (χ3n) is 2.43. The Morgan fingerprint density at radius 1 is 1.40 bits per heavy atom. The van der Waals surface area contributed by atoms with Crippen molar-refractivity contribution in [2.75, 3.05) is 20.3 Å². The highest BCUT2D eigenvalue weighted by Crippen LogP contribution is 2.07. The van der Waals surface area contributed by atoms with Crippen molar-refractivity contribution < 1.29 is 4.74 Å². The van der Waals surface area contributed by atoms with Gasteiger partial charge in [0.25, 0.3) is 0 Å². The van der Waals surface area contributed by atoms with Gasteiger partial charge in [0, 0.05) is 13.2 Å². The second-order valence-corrected chi connectivity index (χ2v) is 3.90. The van der Waals surface area contributed by atoms with Crippen LogP contribution in [0.25, 0.3) is 0 Å². The summed E-state index contributed by atoms with van der Waals surface area (Å²) in [6.07, 6.45) is 1.03. The van der Waals surface area contributed by atoms with Crippen LogP contribution in [0.5, 0.6) is 0 Å². The molecule has 1 aromatic carbocycles. The average Bonchev–Trinajstić information content (AvgIpc) is 2.18. The number of aryl methyl sites for hydroxylation is 1. The molecule has 0 heterocycles. The fourth-order valence-electron chi connectivity index (χ4n) is 1.80. The van der Waals surface area contributed by atoms with Crippen molar-refractivity contribution >= 4 is 0 Å². The molecule has 15 heavy (non-hydrogen) atoms. The molecule has 0 fully saturated rings. The number of likely N-dealkylation sites (N-methyl/N-ethyl adjacent to an activating group) is 1. The minimum Gasteiger partial charge on any atom is -0.383 e. The number of hydrogen-bond acceptors (Lipinski definition) is 2. The van der Waals surface area contributed by atoms with Crippen molar-refractivity contribution in [3.05, 3.63) is 35.4 Å². The average molecular weight is 207 g/mol. The maximum absolute atomic E-state index is 5.20. The molecule has 0 aliphatic rings. The molecule has 1 N–H and O–H groups in total. The van der Waals surface area contributed by atoms with Crippen LogP contribution in [0.15, 0.2) is 24.3 Å². The fraction of sp³-hybridized carbons (Fsp3) is 0.538. The molecule has 2 heteroatoms. The van der Waals surface area contributed by atoms with Crippen LogP contribution < -0.4 is 5.32 Å². The van der Waals surface area contributed by atoms with Crippen molar-refractivity contribution in [2.45, 2.75) is 26.3 Å². The van der Waals surface area contributed by atoms with Gasteiger partial charge in [0.2, 0.25) is 0 Å². The first kappa shape index (κ1) is 12.2. The Balaban J connectivity index is 2.56. The molecule has 0 radical (unpaired) electrons. The van der Waals surface area contributed by atoms with E-state index < -0.39 is 0 Å². The van der Waals surface area contributed by atoms with Crippen molar-refractivity contribution in [2.24, 2.45) is 0 Å². The molecule has 0 saturated heterocycles. The van der Waals surface area contributed by atoms with Crippen molar-refractivity contribution in [1.29, 1.82) is 0 Å². The minimum atomic E-state index is 0.418. The van der Waals surface area contributed by atoms with E-state index in [1.807, 2.05) is 0 Å². The van der Waals surface area contributed by atoms with E-state index in [1.165, 1.54) is 11.1 Å². The Bertz CT molecular complexity index is 280. The van der Waals surface area contributed by atoms with E-state index >= 15 is 0 Å². The lowest BCUT2D eigenvalue weighted by molar-refractivity contribution is 0.167. The summed E-state index contributed by atoms with van der Waals surface area (Å²) in [5, 5.41) is 3.43. The van der Waals surface area contributed by atoms with Crippen LogP contribution in [0.3, 0.4) is 0 Å². The van der Waals surface area contributed by atoms with E-state index in [0.717, 1.165) is 19.6 Å². The van der Waals surface area contributed by atoms with Gasteiger partial charge in [-0.15, -0.1) is 0 Å². The van der Waals surface area contributed by atoms with Crippen molar-refractivity contribution in [3.63, 3.8) is 0 Å². The zero-order chi connectivity index (χ0) is 11.1. The first-order chi connectivity index (χ1) is 7.26. The lowest BCUT2D eigenvalue weighted by Gasteiger charge is -2.17. The van der Waals surface area contributed by atoms with Crippen LogP contribution in [0.1, 0.15) is 18.1 Å². The highest BCUT2D eigenvalue weighted by atomic mass is 16.5. The summed E-state index contributed by atoms with van der Waals surface area (Å²) in [6, 6.07) is 9.07. The minimum absolute atomic E-state index is 0.418. The SMILES string of the molecule is CCNC(COC)Cc1cccc(C)c1. The summed E-state index contributed by atoms with van der Waals surface area (Å²) in [5.74, 6) is 0. The summed E-state index contributed by atoms with van der Waals surface area (Å²) in [4.78, 5) is 0. The van der Waals surface area contributed by atoms with Gasteiger partial charge < -0.3 is 10.1 Å². The molecule has 0 spiro atoms. The molecule has 2 nitrogen and oxygen atoms in total. The van der Waals surface area contributed by atoms with Gasteiger partial charge in [-0.3, -0.25) is 0 Å². The standard InChI is InChI=1S/C13H21NO/c1-4-14-13(10-15-3)9-12-7-5-6-11(2)8-12/h5-8,13-14H,4,9-10H2,1-3H3. The molecule has 0 bridgehead atoms. The Morgan fingerprint density at radius 2 is 2.20 bits per heavy atom. The van der Waals surface area contributed by atoms with Crippen molar-refractivity contribution in [1.82, 2.24) is 5.32 Å². The largest absolute Gasteiger partial charge is 0.383 e. The third-order valence-corrected chi connectivity index (χ3v) is 2.43. The molecule has 1 unspecified atom stereocenters. The normalized spacial score (nSPS) is 12.7. The van der Waals surface area contributed by atoms with E-state index in [0.29, 0.717) is 6.04 Å². The monoisotopic (exact) mass is 207 g/mol. The first-order valence-corrected chi connectivity index (χ1v) is 5.54. The molecular formula is C13H21NO. The van der Waals surface area contributed by atoms with Gasteiger partial charge in [0.15, 0.2) is 0 Å². The van der Waals surface area contributed by atoms with Gasteiger partial charge in [-0.1, -0.05) is 36.8 Å². The lowest BCUT2D eigenvalue weighted by Crippen LogP contribution is -2.34. The van der Waals surface area contributed by atoms with E-state index in [2.05, 4.69) is 43.4 Å². The van der Waals surface area contributed by atoms with Crippen molar-refractivity contribution in [3.8, 4) is 0 Å². The summed E-state index contributed by atoms with van der Waals surface area (Å²) in [6.45, 7) is 6.00. The summed E-state index contributed by atoms with van der Waals surface area (Å²) >= 11 is 0. The highest BCUT2D eigenvalue weighted by molar-refractivity contribution is 5.22. The smallest absolute Gasteiger partial charge is 0.0619 e. The Hall–Kier alpha value is -0.860. The van der Waals surface area contributed by atoms with Gasteiger partial charge in [-0.2, -0.15) is 0 Å². The second kappa shape index (κ2) is 6.59. The van der Waals surface area contributed by atoms with Crippen LogP contribution in [0.4, 0.5) is 0 Å². The van der Waals surface area contributed by atoms with Gasteiger partial charge in [0.05, 0.1) is 6.61 Å². The topological polar surface area (TPSA) is 21.3 Å². The van der Waals surface area contributed by atoms with Crippen LogP contribution in [0.2, 0.25) is 0 Å². The molecule has 1 aromatic rings. The third kappa shape index (κ3) is 4.45. The zero-order valence-corrected chi connectivity index (χ0v) is 9.92. The van der Waals surface area contributed by atoms with Crippen LogP contribution in [0, 0.1) is 6.92 Å². The molecule has 0 aromatic heterocycles. The Labute approximate surface area is 92.6 Å². The fourth-order valence-corrected chi connectivity index (χ4v) is 1.80. The predicted octanol–water partition coefficient (Wildman–Crippen LogP) is 2.16. The van der Waals surface area contributed by atoms with Gasteiger partial charge in [-0.25, -0.2) is 0 Å². The second-order valence-electron chi connectivity index (χ2n) is 3.90. The van der Waals surface area contributed by atoms with E-state index in [-0.39, 0.29) is 0 Å². The maximum Gasteiger partial charge on any atom is 0.0619 e. The number of nitrogens with one attached hydrogen (secondary N) is 1. The van der Waals surface area contributed by atoms with E-state index in [9.17, 15) is 0 Å². The molecule has 0 amide bonds. The van der Waals surface area contributed by atoms with Gasteiger partial charge in [0.1, 0.15) is 0 Å². The summed E-state index contributed by atoms with van der Waals surface area (Å²) < 4.78 is 5.20.